The molecule has 0 fully saturated rings. The van der Waals surface area contributed by atoms with Gasteiger partial charge < -0.3 is 11.1 Å². The summed E-state index contributed by atoms with van der Waals surface area (Å²) in [6, 6.07) is 14.4. The molecule has 0 aliphatic rings. The molecular weight excluding hydrogens is 509 g/mol. The first kappa shape index (κ1) is 26.7. The summed E-state index contributed by atoms with van der Waals surface area (Å²) in [5.74, 6) is -1.14. The van der Waals surface area contributed by atoms with Gasteiger partial charge >= 0.3 is 0 Å². The van der Waals surface area contributed by atoms with Crippen LogP contribution in [0.1, 0.15) is 32.6 Å². The lowest BCUT2D eigenvalue weighted by Gasteiger charge is -2.24. The molecule has 3 rings (SSSR count). The molecule has 184 valence electrons. The minimum Gasteiger partial charge on any atom is -0.366 e. The number of amides is 2. The lowest BCUT2D eigenvalue weighted by Crippen LogP contribution is -2.38. The lowest BCUT2D eigenvalue weighted by molar-refractivity contribution is -0.116. The van der Waals surface area contributed by atoms with Crippen LogP contribution in [-0.2, 0) is 21.4 Å². The fourth-order valence-corrected chi connectivity index (χ4v) is 5.97. The second-order valence-corrected chi connectivity index (χ2v) is 10.9. The van der Waals surface area contributed by atoms with Crippen LogP contribution in [0.2, 0.25) is 10.0 Å². The summed E-state index contributed by atoms with van der Waals surface area (Å²) < 4.78 is 28.7. The fraction of sp³-hybridized carbons (Fsp3) is 0.200. The fourth-order valence-electron chi connectivity index (χ4n) is 3.85. The van der Waals surface area contributed by atoms with E-state index in [4.69, 9.17) is 28.9 Å². The predicted molar refractivity (Wildman–Crippen MR) is 138 cm³/mol. The number of carbonyl (C=O) groups is 2. The van der Waals surface area contributed by atoms with Crippen LogP contribution >= 0.6 is 23.2 Å². The van der Waals surface area contributed by atoms with Gasteiger partial charge in [0.15, 0.2) is 0 Å². The highest BCUT2D eigenvalue weighted by Gasteiger charge is 2.30. The number of aryl methyl sites for hydroxylation is 3. The summed E-state index contributed by atoms with van der Waals surface area (Å²) in [4.78, 5) is 24.3. The van der Waals surface area contributed by atoms with Crippen LogP contribution in [0.25, 0.3) is 0 Å². The van der Waals surface area contributed by atoms with Crippen LogP contribution in [0.5, 0.6) is 0 Å². The zero-order valence-corrected chi connectivity index (χ0v) is 21.8. The van der Waals surface area contributed by atoms with Gasteiger partial charge in [0, 0.05) is 17.8 Å². The van der Waals surface area contributed by atoms with Crippen molar-refractivity contribution in [2.45, 2.75) is 32.2 Å². The maximum Gasteiger partial charge on any atom is 0.248 e. The summed E-state index contributed by atoms with van der Waals surface area (Å²) >= 11 is 12.1. The van der Waals surface area contributed by atoms with Crippen molar-refractivity contribution >= 4 is 50.7 Å². The van der Waals surface area contributed by atoms with E-state index in [2.05, 4.69) is 5.32 Å². The first-order valence-corrected chi connectivity index (χ1v) is 12.8. The highest BCUT2D eigenvalue weighted by Crippen LogP contribution is 2.28. The number of hydrogen-bond acceptors (Lipinski definition) is 4. The van der Waals surface area contributed by atoms with E-state index in [1.54, 1.807) is 44.2 Å². The van der Waals surface area contributed by atoms with Gasteiger partial charge in [-0.05, 0) is 73.9 Å². The zero-order valence-electron chi connectivity index (χ0n) is 19.4. The second kappa shape index (κ2) is 10.8. The monoisotopic (exact) mass is 533 g/mol. The van der Waals surface area contributed by atoms with Gasteiger partial charge in [0.05, 0.1) is 21.5 Å². The Bertz CT molecular complexity index is 1370. The average Bonchev–Trinajstić information content (AvgIpc) is 2.75. The van der Waals surface area contributed by atoms with Crippen molar-refractivity contribution in [2.75, 3.05) is 11.9 Å². The average molecular weight is 534 g/mol. The number of anilines is 1. The van der Waals surface area contributed by atoms with Crippen molar-refractivity contribution in [3.05, 3.63) is 92.5 Å². The second-order valence-electron chi connectivity index (χ2n) is 8.24. The molecule has 0 saturated carbocycles. The smallest absolute Gasteiger partial charge is 0.248 e. The molecule has 3 aromatic rings. The van der Waals surface area contributed by atoms with Crippen LogP contribution in [-0.4, -0.2) is 31.1 Å². The van der Waals surface area contributed by atoms with E-state index in [1.807, 2.05) is 6.92 Å². The van der Waals surface area contributed by atoms with Gasteiger partial charge in [0.2, 0.25) is 21.8 Å². The first-order valence-electron chi connectivity index (χ1n) is 10.6. The molecule has 0 heterocycles. The SMILES string of the molecule is Cc1cc(C)c(S(=O)(=O)N(CC(=O)Nc2ccc(C(N)=O)cc2)Cc2ccc(Cl)c(Cl)c2)c(C)c1. The predicted octanol–water partition coefficient (Wildman–Crippen LogP) is 4.85. The van der Waals surface area contributed by atoms with Crippen LogP contribution in [0.3, 0.4) is 0 Å². The molecule has 0 aromatic heterocycles. The molecule has 0 spiro atoms. The van der Waals surface area contributed by atoms with E-state index in [0.717, 1.165) is 9.87 Å². The van der Waals surface area contributed by atoms with Crippen molar-refractivity contribution in [1.29, 1.82) is 0 Å². The van der Waals surface area contributed by atoms with Crippen molar-refractivity contribution < 1.29 is 18.0 Å². The number of halogens is 2. The maximum atomic E-state index is 13.8. The number of primary amides is 1. The standard InChI is InChI=1S/C25H25Cl2N3O4S/c1-15-10-16(2)24(17(3)11-15)35(33,34)30(13-18-4-9-21(26)22(27)12-18)14-23(31)29-20-7-5-19(6-8-20)25(28)32/h4-12H,13-14H2,1-3H3,(H2,28,32)(H,29,31). The summed E-state index contributed by atoms with van der Waals surface area (Å²) in [6.07, 6.45) is 0. The van der Waals surface area contributed by atoms with Crippen molar-refractivity contribution in [2.24, 2.45) is 5.73 Å². The topological polar surface area (TPSA) is 110 Å². The highest BCUT2D eigenvalue weighted by atomic mass is 35.5. The molecule has 35 heavy (non-hydrogen) atoms. The van der Waals surface area contributed by atoms with E-state index >= 15 is 0 Å². The number of nitrogens with zero attached hydrogens (tertiary/aromatic N) is 1. The van der Waals surface area contributed by atoms with E-state index in [0.29, 0.717) is 27.4 Å². The molecule has 0 atom stereocenters. The van der Waals surface area contributed by atoms with Crippen molar-refractivity contribution in [3.63, 3.8) is 0 Å². The molecular formula is C25H25Cl2N3O4S. The van der Waals surface area contributed by atoms with Gasteiger partial charge in [-0.3, -0.25) is 9.59 Å². The van der Waals surface area contributed by atoms with E-state index in [-0.39, 0.29) is 22.0 Å². The third-order valence-electron chi connectivity index (χ3n) is 5.32. The molecule has 0 aliphatic carbocycles. The van der Waals surface area contributed by atoms with Gasteiger partial charge in [-0.2, -0.15) is 4.31 Å². The number of rotatable bonds is 8. The van der Waals surface area contributed by atoms with Gasteiger partial charge in [-0.1, -0.05) is 47.0 Å². The normalized spacial score (nSPS) is 11.5. The molecule has 0 unspecified atom stereocenters. The number of benzene rings is 3. The van der Waals surface area contributed by atoms with E-state index < -0.39 is 28.4 Å². The van der Waals surface area contributed by atoms with E-state index in [1.165, 1.54) is 24.3 Å². The maximum absolute atomic E-state index is 13.8. The third kappa shape index (κ3) is 6.41. The Morgan fingerprint density at radius 2 is 1.51 bits per heavy atom. The Hall–Kier alpha value is -2.91. The van der Waals surface area contributed by atoms with Crippen LogP contribution < -0.4 is 11.1 Å². The van der Waals surface area contributed by atoms with Crippen LogP contribution in [0.15, 0.2) is 59.5 Å². The summed E-state index contributed by atoms with van der Waals surface area (Å²) in [6.45, 7) is 4.79. The summed E-state index contributed by atoms with van der Waals surface area (Å²) in [5, 5.41) is 3.28. The number of sulfonamides is 1. The largest absolute Gasteiger partial charge is 0.366 e. The minimum atomic E-state index is -4.07. The van der Waals surface area contributed by atoms with Crippen molar-refractivity contribution in [1.82, 2.24) is 4.31 Å². The molecule has 0 radical (unpaired) electrons. The molecule has 2 amide bonds. The Balaban J connectivity index is 1.95. The Kier molecular flexibility index (Phi) is 8.22. The third-order valence-corrected chi connectivity index (χ3v) is 8.16. The quantitative estimate of drug-likeness (QED) is 0.431. The highest BCUT2D eigenvalue weighted by molar-refractivity contribution is 7.89. The van der Waals surface area contributed by atoms with E-state index in [9.17, 15) is 18.0 Å². The number of nitrogens with two attached hydrogens (primary N) is 1. The molecule has 7 nitrogen and oxygen atoms in total. The molecule has 10 heteroatoms. The molecule has 0 saturated heterocycles. The van der Waals surface area contributed by atoms with Gasteiger partial charge in [0.1, 0.15) is 0 Å². The zero-order chi connectivity index (χ0) is 25.9. The molecule has 0 bridgehead atoms. The van der Waals surface area contributed by atoms with Gasteiger partial charge in [-0.25, -0.2) is 8.42 Å². The molecule has 0 aliphatic heterocycles. The minimum absolute atomic E-state index is 0.0972. The first-order chi connectivity index (χ1) is 16.4. The number of carbonyl (C=O) groups excluding carboxylic acids is 2. The molecule has 3 N–H and O–H groups in total. The van der Waals surface area contributed by atoms with Crippen molar-refractivity contribution in [3.8, 4) is 0 Å². The Morgan fingerprint density at radius 3 is 2.06 bits per heavy atom. The van der Waals surface area contributed by atoms with Crippen LogP contribution in [0, 0.1) is 20.8 Å². The lowest BCUT2D eigenvalue weighted by atomic mass is 10.1. The van der Waals surface area contributed by atoms with Gasteiger partial charge in [-0.15, -0.1) is 0 Å². The Labute approximate surface area is 214 Å². The Morgan fingerprint density at radius 1 is 0.914 bits per heavy atom. The van der Waals surface area contributed by atoms with Crippen LogP contribution in [0.4, 0.5) is 5.69 Å². The molecule has 3 aromatic carbocycles. The summed E-state index contributed by atoms with van der Waals surface area (Å²) in [7, 11) is -4.07. The van der Waals surface area contributed by atoms with Gasteiger partial charge in [0.25, 0.3) is 0 Å². The number of nitrogens with one attached hydrogen (secondary N) is 1. The summed E-state index contributed by atoms with van der Waals surface area (Å²) in [5.41, 5.74) is 8.62. The number of hydrogen-bond donors (Lipinski definition) is 2.